The molecule has 0 aliphatic carbocycles. The van der Waals surface area contributed by atoms with E-state index in [1.54, 1.807) is 0 Å². The summed E-state index contributed by atoms with van der Waals surface area (Å²) in [6.45, 7) is 6.77. The minimum atomic E-state index is -0.234. The molecule has 0 bridgehead atoms. The van der Waals surface area contributed by atoms with Crippen LogP contribution in [0.3, 0.4) is 0 Å². The quantitative estimate of drug-likeness (QED) is 0.370. The van der Waals surface area contributed by atoms with Crippen LogP contribution < -0.4 is 10.1 Å². The van der Waals surface area contributed by atoms with Crippen LogP contribution in [0.4, 0.5) is 10.1 Å². The lowest BCUT2D eigenvalue weighted by molar-refractivity contribution is -0.118. The number of nitrogens with one attached hydrogen (secondary N) is 1. The Labute approximate surface area is 208 Å². The van der Waals surface area contributed by atoms with Crippen molar-refractivity contribution in [3.63, 3.8) is 0 Å². The van der Waals surface area contributed by atoms with E-state index in [2.05, 4.69) is 22.3 Å². The van der Waals surface area contributed by atoms with Crippen LogP contribution in [0.15, 0.2) is 78.9 Å². The number of hydrogen-bond acceptors (Lipinski definition) is 3. The molecule has 4 nitrogen and oxygen atoms in total. The third kappa shape index (κ3) is 7.15. The van der Waals surface area contributed by atoms with Crippen molar-refractivity contribution in [2.45, 2.75) is 45.1 Å². The molecule has 3 aromatic rings. The number of para-hydroxylation sites is 1. The van der Waals surface area contributed by atoms with E-state index in [4.69, 9.17) is 4.74 Å². The number of piperidine rings is 1. The first-order valence-corrected chi connectivity index (χ1v) is 12.6. The zero-order chi connectivity index (χ0) is 24.6. The van der Waals surface area contributed by atoms with Gasteiger partial charge in [-0.15, -0.1) is 0 Å². The van der Waals surface area contributed by atoms with E-state index >= 15 is 0 Å². The van der Waals surface area contributed by atoms with E-state index in [0.717, 1.165) is 55.9 Å². The molecule has 1 aliphatic rings. The molecule has 1 saturated heterocycles. The topological polar surface area (TPSA) is 41.6 Å². The van der Waals surface area contributed by atoms with Crippen LogP contribution in [0.5, 0.6) is 5.75 Å². The van der Waals surface area contributed by atoms with Crippen LogP contribution >= 0.6 is 0 Å². The maximum Gasteiger partial charge on any atom is 0.226 e. The van der Waals surface area contributed by atoms with Gasteiger partial charge >= 0.3 is 0 Å². The highest BCUT2D eigenvalue weighted by atomic mass is 19.1. The van der Waals surface area contributed by atoms with Gasteiger partial charge in [-0.25, -0.2) is 4.39 Å². The number of likely N-dealkylation sites (tertiary alicyclic amines) is 1. The molecular formula is C30H35FN2O2. The van der Waals surface area contributed by atoms with Crippen molar-refractivity contribution in [3.8, 4) is 5.75 Å². The Kier molecular flexibility index (Phi) is 8.54. The van der Waals surface area contributed by atoms with E-state index in [1.165, 1.54) is 17.7 Å². The summed E-state index contributed by atoms with van der Waals surface area (Å²) in [5.41, 5.74) is 3.16. The molecule has 1 N–H and O–H groups in total. The number of benzene rings is 3. The second-order valence-corrected chi connectivity index (χ2v) is 9.65. The van der Waals surface area contributed by atoms with Gasteiger partial charge in [0, 0.05) is 24.6 Å². The summed E-state index contributed by atoms with van der Waals surface area (Å²) in [6.07, 6.45) is 2.88. The van der Waals surface area contributed by atoms with Crippen LogP contribution in [0.1, 0.15) is 56.3 Å². The average Bonchev–Trinajstić information content (AvgIpc) is 2.88. The summed E-state index contributed by atoms with van der Waals surface area (Å²) >= 11 is 0. The fourth-order valence-corrected chi connectivity index (χ4v) is 4.58. The normalized spacial score (nSPS) is 15.7. The van der Waals surface area contributed by atoms with Gasteiger partial charge in [0.1, 0.15) is 17.7 Å². The summed E-state index contributed by atoms with van der Waals surface area (Å²) in [5, 5.41) is 3.01. The number of carbonyl (C=O) groups excluding carboxylic acids is 1. The zero-order valence-electron chi connectivity index (χ0n) is 20.6. The van der Waals surface area contributed by atoms with E-state index in [9.17, 15) is 9.18 Å². The first-order chi connectivity index (χ1) is 17.0. The van der Waals surface area contributed by atoms with Crippen molar-refractivity contribution in [2.24, 2.45) is 5.92 Å². The highest BCUT2D eigenvalue weighted by molar-refractivity contribution is 5.92. The molecule has 0 saturated carbocycles. The minimum Gasteiger partial charge on any atom is -0.486 e. The smallest absolute Gasteiger partial charge is 0.226 e. The van der Waals surface area contributed by atoms with Crippen molar-refractivity contribution in [1.82, 2.24) is 4.90 Å². The molecule has 0 spiro atoms. The zero-order valence-corrected chi connectivity index (χ0v) is 20.6. The first kappa shape index (κ1) is 24.9. The van der Waals surface area contributed by atoms with Gasteiger partial charge in [0.25, 0.3) is 0 Å². The molecule has 1 heterocycles. The molecule has 4 rings (SSSR count). The number of amides is 1. The summed E-state index contributed by atoms with van der Waals surface area (Å²) in [4.78, 5) is 14.5. The lowest BCUT2D eigenvalue weighted by atomic mass is 9.89. The lowest BCUT2D eigenvalue weighted by Crippen LogP contribution is -2.34. The molecule has 0 radical (unpaired) electrons. The van der Waals surface area contributed by atoms with Crippen LogP contribution in [-0.4, -0.2) is 30.4 Å². The van der Waals surface area contributed by atoms with Crippen LogP contribution in [0, 0.1) is 11.7 Å². The van der Waals surface area contributed by atoms with Gasteiger partial charge in [-0.3, -0.25) is 4.79 Å². The monoisotopic (exact) mass is 474 g/mol. The summed E-state index contributed by atoms with van der Waals surface area (Å²) in [5.74, 6) is 1.10. The Morgan fingerprint density at radius 3 is 2.40 bits per heavy atom. The third-order valence-corrected chi connectivity index (χ3v) is 6.71. The Balaban J connectivity index is 1.33. The van der Waals surface area contributed by atoms with Gasteiger partial charge in [0.2, 0.25) is 5.91 Å². The van der Waals surface area contributed by atoms with E-state index < -0.39 is 0 Å². The van der Waals surface area contributed by atoms with Crippen molar-refractivity contribution >= 4 is 11.6 Å². The van der Waals surface area contributed by atoms with E-state index in [1.807, 2.05) is 68.4 Å². The van der Waals surface area contributed by atoms with Gasteiger partial charge in [-0.2, -0.15) is 0 Å². The van der Waals surface area contributed by atoms with Gasteiger partial charge in [0.15, 0.2) is 0 Å². The maximum atomic E-state index is 13.5. The molecule has 1 amide bonds. The molecule has 1 fully saturated rings. The second-order valence-electron chi connectivity index (χ2n) is 9.65. The summed E-state index contributed by atoms with van der Waals surface area (Å²) < 4.78 is 19.8. The molecule has 0 aromatic heterocycles. The number of nitrogens with zero attached hydrogens (tertiary/aromatic N) is 1. The molecular weight excluding hydrogens is 439 g/mol. The van der Waals surface area contributed by atoms with Gasteiger partial charge in [-0.05, 0) is 79.4 Å². The Morgan fingerprint density at radius 1 is 1.00 bits per heavy atom. The lowest BCUT2D eigenvalue weighted by Gasteiger charge is -2.33. The van der Waals surface area contributed by atoms with E-state index in [0.29, 0.717) is 5.92 Å². The Bertz CT molecular complexity index is 1080. The van der Waals surface area contributed by atoms with Crippen molar-refractivity contribution < 1.29 is 13.9 Å². The third-order valence-electron chi connectivity index (χ3n) is 6.71. The number of halogens is 1. The Morgan fingerprint density at radius 2 is 1.71 bits per heavy atom. The van der Waals surface area contributed by atoms with Crippen molar-refractivity contribution in [2.75, 3.05) is 25.0 Å². The maximum absolute atomic E-state index is 13.5. The van der Waals surface area contributed by atoms with E-state index in [-0.39, 0.29) is 23.7 Å². The summed E-state index contributed by atoms with van der Waals surface area (Å²) in [6, 6.07) is 24.7. The minimum absolute atomic E-state index is 0.0356. The second kappa shape index (κ2) is 12.0. The van der Waals surface area contributed by atoms with Crippen molar-refractivity contribution in [3.05, 3.63) is 95.8 Å². The molecule has 1 unspecified atom stereocenters. The molecule has 35 heavy (non-hydrogen) atoms. The Hall–Kier alpha value is -3.18. The highest BCUT2D eigenvalue weighted by Crippen LogP contribution is 2.31. The van der Waals surface area contributed by atoms with Gasteiger partial charge in [0.05, 0.1) is 0 Å². The van der Waals surface area contributed by atoms with Crippen molar-refractivity contribution in [1.29, 1.82) is 0 Å². The molecule has 5 heteroatoms. The molecule has 1 aliphatic heterocycles. The van der Waals surface area contributed by atoms with Crippen LogP contribution in [-0.2, 0) is 4.79 Å². The number of ether oxygens (including phenoxy) is 1. The molecule has 1 atom stereocenters. The van der Waals surface area contributed by atoms with Gasteiger partial charge < -0.3 is 15.0 Å². The average molecular weight is 475 g/mol. The fourth-order valence-electron chi connectivity index (χ4n) is 4.58. The van der Waals surface area contributed by atoms with Gasteiger partial charge in [-0.1, -0.05) is 56.3 Å². The first-order valence-electron chi connectivity index (χ1n) is 12.6. The number of carbonyl (C=O) groups is 1. The number of rotatable bonds is 9. The predicted molar refractivity (Wildman–Crippen MR) is 139 cm³/mol. The predicted octanol–water partition coefficient (Wildman–Crippen LogP) is 6.81. The number of anilines is 1. The highest BCUT2D eigenvalue weighted by Gasteiger charge is 2.23. The van der Waals surface area contributed by atoms with Crippen LogP contribution in [0.25, 0.3) is 0 Å². The standard InChI is InChI=1S/C30H35FN2O2/c1-22(2)30(34)32-27-8-6-7-25(21-27)23-15-18-33(19-16-23)20-17-29(24-11-13-26(31)14-12-24)35-28-9-4-3-5-10-28/h3-14,21-23,29H,15-20H2,1-2H3,(H,32,34). The largest absolute Gasteiger partial charge is 0.486 e. The SMILES string of the molecule is CC(C)C(=O)Nc1cccc(C2CCN(CCC(Oc3ccccc3)c3ccc(F)cc3)CC2)c1. The molecule has 184 valence electrons. The summed E-state index contributed by atoms with van der Waals surface area (Å²) in [7, 11) is 0. The number of hydrogen-bond donors (Lipinski definition) is 1. The van der Waals surface area contributed by atoms with Crippen LogP contribution in [0.2, 0.25) is 0 Å². The molecule has 3 aromatic carbocycles. The fraction of sp³-hybridized carbons (Fsp3) is 0.367.